The quantitative estimate of drug-likeness (QED) is 0.354. The molecule has 3 aromatic heterocycles. The molecule has 0 aliphatic carbocycles. The summed E-state index contributed by atoms with van der Waals surface area (Å²) in [5, 5.41) is 13.8. The minimum absolute atomic E-state index is 0.0339. The van der Waals surface area contributed by atoms with Gasteiger partial charge in [-0.2, -0.15) is 4.98 Å². The number of hydrogen-bond acceptors (Lipinski definition) is 7. The van der Waals surface area contributed by atoms with Crippen LogP contribution in [-0.2, 0) is 13.0 Å². The van der Waals surface area contributed by atoms with Crippen LogP contribution in [0.4, 0.5) is 0 Å². The molecule has 1 unspecified atom stereocenters. The zero-order chi connectivity index (χ0) is 20.8. The number of aromatic nitrogens is 6. The first-order valence-corrected chi connectivity index (χ1v) is 11.0. The molecular formula is C22H24N6OS. The Bertz CT molecular complexity index is 1060. The molecule has 0 spiro atoms. The summed E-state index contributed by atoms with van der Waals surface area (Å²) in [7, 11) is 0. The molecule has 1 aromatic carbocycles. The van der Waals surface area contributed by atoms with Crippen molar-refractivity contribution in [2.75, 3.05) is 0 Å². The summed E-state index contributed by atoms with van der Waals surface area (Å²) in [5.41, 5.74) is 2.11. The minimum Gasteiger partial charge on any atom is -0.338 e. The van der Waals surface area contributed by atoms with Crippen LogP contribution in [0.5, 0.6) is 0 Å². The van der Waals surface area contributed by atoms with Crippen molar-refractivity contribution >= 4 is 11.8 Å². The second kappa shape index (κ2) is 9.67. The Labute approximate surface area is 180 Å². The number of thioether (sulfide) groups is 1. The van der Waals surface area contributed by atoms with Gasteiger partial charge < -0.3 is 4.52 Å². The smallest absolute Gasteiger partial charge is 0.239 e. The van der Waals surface area contributed by atoms with Crippen molar-refractivity contribution in [2.45, 2.75) is 50.1 Å². The van der Waals surface area contributed by atoms with Gasteiger partial charge in [0.15, 0.2) is 16.8 Å². The molecule has 8 heteroatoms. The van der Waals surface area contributed by atoms with E-state index in [1.54, 1.807) is 24.2 Å². The van der Waals surface area contributed by atoms with Crippen molar-refractivity contribution in [1.29, 1.82) is 0 Å². The summed E-state index contributed by atoms with van der Waals surface area (Å²) < 4.78 is 7.61. The van der Waals surface area contributed by atoms with E-state index in [0.717, 1.165) is 41.6 Å². The van der Waals surface area contributed by atoms with Gasteiger partial charge in [0.25, 0.3) is 0 Å². The monoisotopic (exact) mass is 420 g/mol. The number of pyridine rings is 1. The highest BCUT2D eigenvalue weighted by Gasteiger charge is 2.21. The molecule has 30 heavy (non-hydrogen) atoms. The Morgan fingerprint density at radius 3 is 2.73 bits per heavy atom. The van der Waals surface area contributed by atoms with Gasteiger partial charge in [-0.05, 0) is 31.0 Å². The van der Waals surface area contributed by atoms with E-state index in [2.05, 4.69) is 48.9 Å². The maximum Gasteiger partial charge on any atom is 0.239 e. The van der Waals surface area contributed by atoms with Crippen LogP contribution in [0.3, 0.4) is 0 Å². The van der Waals surface area contributed by atoms with Gasteiger partial charge in [0, 0.05) is 24.4 Å². The van der Waals surface area contributed by atoms with Crippen LogP contribution >= 0.6 is 11.8 Å². The van der Waals surface area contributed by atoms with Gasteiger partial charge >= 0.3 is 0 Å². The molecule has 0 amide bonds. The van der Waals surface area contributed by atoms with E-state index in [4.69, 9.17) is 4.52 Å². The summed E-state index contributed by atoms with van der Waals surface area (Å²) in [5.74, 6) is 2.17. The topological polar surface area (TPSA) is 82.5 Å². The molecule has 0 saturated heterocycles. The van der Waals surface area contributed by atoms with Crippen LogP contribution in [0.2, 0.25) is 0 Å². The largest absolute Gasteiger partial charge is 0.338 e. The van der Waals surface area contributed by atoms with Gasteiger partial charge in [-0.15, -0.1) is 10.2 Å². The fourth-order valence-electron chi connectivity index (χ4n) is 3.07. The number of rotatable bonds is 9. The SMILES string of the molecule is CCCCc1noc(C(C)Sc2nnc(-c3cccnc3)n2Cc2ccccc2)n1. The first-order chi connectivity index (χ1) is 14.7. The van der Waals surface area contributed by atoms with Crippen LogP contribution < -0.4 is 0 Å². The van der Waals surface area contributed by atoms with Crippen molar-refractivity contribution in [1.82, 2.24) is 29.9 Å². The predicted octanol–water partition coefficient (Wildman–Crippen LogP) is 4.97. The lowest BCUT2D eigenvalue weighted by molar-refractivity contribution is 0.374. The summed E-state index contributed by atoms with van der Waals surface area (Å²) >= 11 is 1.57. The maximum atomic E-state index is 5.50. The van der Waals surface area contributed by atoms with E-state index < -0.39 is 0 Å². The molecule has 0 aliphatic heterocycles. The third kappa shape index (κ3) is 4.76. The summed E-state index contributed by atoms with van der Waals surface area (Å²) in [6.45, 7) is 4.87. The minimum atomic E-state index is -0.0339. The molecule has 154 valence electrons. The lowest BCUT2D eigenvalue weighted by atomic mass is 10.2. The van der Waals surface area contributed by atoms with Crippen molar-refractivity contribution in [3.8, 4) is 11.4 Å². The Morgan fingerprint density at radius 1 is 1.10 bits per heavy atom. The fraction of sp³-hybridized carbons (Fsp3) is 0.318. The summed E-state index contributed by atoms with van der Waals surface area (Å²) in [6.07, 6.45) is 6.56. The van der Waals surface area contributed by atoms with E-state index in [0.29, 0.717) is 12.4 Å². The maximum absolute atomic E-state index is 5.50. The number of hydrogen-bond donors (Lipinski definition) is 0. The first kappa shape index (κ1) is 20.3. The third-order valence-corrected chi connectivity index (χ3v) is 5.76. The third-order valence-electron chi connectivity index (χ3n) is 4.69. The standard InChI is InChI=1S/C22H24N6OS/c1-3-4-12-19-24-21(29-27-19)16(2)30-22-26-25-20(18-11-8-13-23-14-18)28(22)15-17-9-6-5-7-10-17/h5-11,13-14,16H,3-4,12,15H2,1-2H3. The van der Waals surface area contributed by atoms with Crippen molar-refractivity contribution in [3.05, 3.63) is 72.1 Å². The number of nitrogens with zero attached hydrogens (tertiary/aromatic N) is 6. The highest BCUT2D eigenvalue weighted by atomic mass is 32.2. The molecule has 4 aromatic rings. The van der Waals surface area contributed by atoms with Crippen LogP contribution in [-0.4, -0.2) is 29.9 Å². The van der Waals surface area contributed by atoms with E-state index in [1.165, 1.54) is 5.56 Å². The zero-order valence-electron chi connectivity index (χ0n) is 17.1. The molecule has 0 N–H and O–H groups in total. The van der Waals surface area contributed by atoms with E-state index in [1.807, 2.05) is 37.3 Å². The highest BCUT2D eigenvalue weighted by Crippen LogP contribution is 2.35. The van der Waals surface area contributed by atoms with E-state index in [9.17, 15) is 0 Å². The normalized spacial score (nSPS) is 12.2. The molecule has 1 atom stereocenters. The average molecular weight is 421 g/mol. The Balaban J connectivity index is 1.60. The van der Waals surface area contributed by atoms with Gasteiger partial charge in [-0.3, -0.25) is 9.55 Å². The zero-order valence-corrected chi connectivity index (χ0v) is 17.9. The van der Waals surface area contributed by atoms with Crippen molar-refractivity contribution in [2.24, 2.45) is 0 Å². The molecular weight excluding hydrogens is 396 g/mol. The molecule has 0 saturated carbocycles. The Kier molecular flexibility index (Phi) is 6.53. The van der Waals surface area contributed by atoms with Crippen LogP contribution in [0.25, 0.3) is 11.4 Å². The molecule has 0 bridgehead atoms. The Hall–Kier alpha value is -3.00. The van der Waals surface area contributed by atoms with Gasteiger partial charge in [-0.25, -0.2) is 0 Å². The second-order valence-corrected chi connectivity index (χ2v) is 8.34. The Morgan fingerprint density at radius 2 is 1.97 bits per heavy atom. The van der Waals surface area contributed by atoms with Gasteiger partial charge in [0.1, 0.15) is 0 Å². The fourth-order valence-corrected chi connectivity index (χ4v) is 3.95. The first-order valence-electron chi connectivity index (χ1n) is 10.1. The number of aryl methyl sites for hydroxylation is 1. The van der Waals surface area contributed by atoms with Gasteiger partial charge in [-0.1, -0.05) is 60.6 Å². The number of benzene rings is 1. The molecule has 0 fully saturated rings. The lowest BCUT2D eigenvalue weighted by Gasteiger charge is -2.12. The predicted molar refractivity (Wildman–Crippen MR) is 116 cm³/mol. The lowest BCUT2D eigenvalue weighted by Crippen LogP contribution is -2.05. The molecule has 0 aliphatic rings. The molecule has 4 rings (SSSR count). The van der Waals surface area contributed by atoms with E-state index in [-0.39, 0.29) is 5.25 Å². The number of unbranched alkanes of at least 4 members (excludes halogenated alkanes) is 1. The summed E-state index contributed by atoms with van der Waals surface area (Å²) in [6, 6.07) is 14.2. The second-order valence-electron chi connectivity index (χ2n) is 7.03. The van der Waals surface area contributed by atoms with Crippen LogP contribution in [0.1, 0.15) is 49.2 Å². The summed E-state index contributed by atoms with van der Waals surface area (Å²) in [4.78, 5) is 8.79. The molecule has 7 nitrogen and oxygen atoms in total. The molecule has 0 radical (unpaired) electrons. The molecule has 3 heterocycles. The van der Waals surface area contributed by atoms with Crippen molar-refractivity contribution in [3.63, 3.8) is 0 Å². The van der Waals surface area contributed by atoms with E-state index >= 15 is 0 Å². The van der Waals surface area contributed by atoms with Crippen molar-refractivity contribution < 1.29 is 4.52 Å². The van der Waals surface area contributed by atoms with Crippen LogP contribution in [0.15, 0.2) is 64.5 Å². The average Bonchev–Trinajstić information content (AvgIpc) is 3.41. The van der Waals surface area contributed by atoms with Gasteiger partial charge in [0.2, 0.25) is 5.89 Å². The van der Waals surface area contributed by atoms with Gasteiger partial charge in [0.05, 0.1) is 11.8 Å². The highest BCUT2D eigenvalue weighted by molar-refractivity contribution is 7.99. The van der Waals surface area contributed by atoms with Crippen LogP contribution in [0, 0.1) is 0 Å².